The largest absolute Gasteiger partial charge is 0.507 e. The van der Waals surface area contributed by atoms with Gasteiger partial charge in [-0.15, -0.1) is 0 Å². The number of halogens is 1. The molecule has 1 heterocycles. The Morgan fingerprint density at radius 1 is 1.06 bits per heavy atom. The monoisotopic (exact) mass is 508 g/mol. The van der Waals surface area contributed by atoms with Gasteiger partial charge in [-0.3, -0.25) is 10.1 Å². The molecule has 33 heavy (non-hydrogen) atoms. The summed E-state index contributed by atoms with van der Waals surface area (Å²) in [5.74, 6) is 1.21. The number of nitrogens with zero attached hydrogens (tertiary/aromatic N) is 3. The van der Waals surface area contributed by atoms with E-state index in [9.17, 15) is 15.2 Å². The second-order valence-corrected chi connectivity index (χ2v) is 7.72. The lowest BCUT2D eigenvalue weighted by molar-refractivity contribution is -0.384. The number of nitro groups is 1. The summed E-state index contributed by atoms with van der Waals surface area (Å²) in [6, 6.07) is 18.1. The Morgan fingerprint density at radius 3 is 2.52 bits per heavy atom. The topological polar surface area (TPSA) is 134 Å². The van der Waals surface area contributed by atoms with E-state index in [1.54, 1.807) is 30.3 Å². The molecule has 4 aromatic rings. The van der Waals surface area contributed by atoms with Crippen molar-refractivity contribution in [2.75, 3.05) is 5.73 Å². The summed E-state index contributed by atoms with van der Waals surface area (Å²) in [5, 5.41) is 21.4. The van der Waals surface area contributed by atoms with Gasteiger partial charge < -0.3 is 20.3 Å². The molecule has 0 saturated heterocycles. The summed E-state index contributed by atoms with van der Waals surface area (Å²) in [6.45, 7) is 0.174. The van der Waals surface area contributed by atoms with Crippen LogP contribution in [0.3, 0.4) is 0 Å². The number of benzene rings is 3. The van der Waals surface area contributed by atoms with Crippen molar-refractivity contribution in [3.8, 4) is 34.3 Å². The van der Waals surface area contributed by atoms with Gasteiger partial charge in [0.1, 0.15) is 29.5 Å². The van der Waals surface area contributed by atoms with Crippen molar-refractivity contribution < 1.29 is 19.5 Å². The summed E-state index contributed by atoms with van der Waals surface area (Å²) >= 11 is 3.43. The SMILES string of the molecule is Nc1ncc(Oc2ccccc2Br)c(-c2ccc(OCc3ccc([N+](=O)[O-])cc3)cc2O)n1. The fourth-order valence-corrected chi connectivity index (χ4v) is 3.35. The normalized spacial score (nSPS) is 10.6. The third-order valence-electron chi connectivity index (χ3n) is 4.61. The maximum Gasteiger partial charge on any atom is 0.269 e. The van der Waals surface area contributed by atoms with Crippen molar-refractivity contribution in [2.24, 2.45) is 0 Å². The van der Waals surface area contributed by atoms with Crippen molar-refractivity contribution >= 4 is 27.6 Å². The number of hydrogen-bond donors (Lipinski definition) is 2. The lowest BCUT2D eigenvalue weighted by atomic mass is 10.1. The fraction of sp³-hybridized carbons (Fsp3) is 0.0435. The van der Waals surface area contributed by atoms with Crippen LogP contribution in [0.5, 0.6) is 23.0 Å². The number of nitrogen functional groups attached to an aromatic ring is 1. The minimum absolute atomic E-state index is 0.00502. The first-order valence-electron chi connectivity index (χ1n) is 9.65. The Labute approximate surface area is 196 Å². The Bertz CT molecular complexity index is 1310. The van der Waals surface area contributed by atoms with Crippen LogP contribution in [0.25, 0.3) is 11.3 Å². The fourth-order valence-electron chi connectivity index (χ4n) is 2.98. The van der Waals surface area contributed by atoms with Gasteiger partial charge in [0.2, 0.25) is 5.95 Å². The van der Waals surface area contributed by atoms with Crippen LogP contribution in [-0.4, -0.2) is 20.0 Å². The van der Waals surface area contributed by atoms with Crippen LogP contribution in [0.2, 0.25) is 0 Å². The number of anilines is 1. The van der Waals surface area contributed by atoms with Gasteiger partial charge in [-0.05, 0) is 57.9 Å². The molecule has 0 aliphatic heterocycles. The Kier molecular flexibility index (Phi) is 6.36. The molecule has 0 aliphatic carbocycles. The van der Waals surface area contributed by atoms with Crippen LogP contribution < -0.4 is 15.2 Å². The van der Waals surface area contributed by atoms with Gasteiger partial charge in [0.25, 0.3) is 5.69 Å². The van der Waals surface area contributed by atoms with Gasteiger partial charge >= 0.3 is 0 Å². The molecule has 0 saturated carbocycles. The molecule has 3 N–H and O–H groups in total. The smallest absolute Gasteiger partial charge is 0.269 e. The molecule has 0 fully saturated rings. The van der Waals surface area contributed by atoms with Gasteiger partial charge in [-0.2, -0.15) is 0 Å². The first-order chi connectivity index (χ1) is 15.9. The number of nitrogens with two attached hydrogens (primary N) is 1. The number of para-hydroxylation sites is 1. The van der Waals surface area contributed by atoms with Gasteiger partial charge in [-0.25, -0.2) is 9.97 Å². The number of hydrogen-bond acceptors (Lipinski definition) is 8. The minimum Gasteiger partial charge on any atom is -0.507 e. The number of phenols is 1. The van der Waals surface area contributed by atoms with E-state index in [1.807, 2.05) is 18.2 Å². The van der Waals surface area contributed by atoms with Crippen molar-refractivity contribution in [3.63, 3.8) is 0 Å². The molecular formula is C23H17BrN4O5. The quantitative estimate of drug-likeness (QED) is 0.247. The molecule has 0 unspecified atom stereocenters. The highest BCUT2D eigenvalue weighted by atomic mass is 79.9. The van der Waals surface area contributed by atoms with Crippen LogP contribution in [0.1, 0.15) is 5.56 Å². The maximum atomic E-state index is 10.8. The predicted octanol–water partition coefficient (Wildman–Crippen LogP) is 5.47. The zero-order chi connectivity index (χ0) is 23.4. The Morgan fingerprint density at radius 2 is 1.82 bits per heavy atom. The van der Waals surface area contributed by atoms with E-state index in [4.69, 9.17) is 15.2 Å². The molecule has 3 aromatic carbocycles. The lowest BCUT2D eigenvalue weighted by Crippen LogP contribution is -2.00. The first-order valence-corrected chi connectivity index (χ1v) is 10.4. The highest BCUT2D eigenvalue weighted by Crippen LogP contribution is 2.39. The number of aromatic nitrogens is 2. The van der Waals surface area contributed by atoms with Gasteiger partial charge in [0, 0.05) is 23.8 Å². The number of non-ortho nitro benzene ring substituents is 1. The van der Waals surface area contributed by atoms with E-state index >= 15 is 0 Å². The van der Waals surface area contributed by atoms with Crippen LogP contribution in [0, 0.1) is 10.1 Å². The molecule has 0 aliphatic rings. The van der Waals surface area contributed by atoms with E-state index in [0.29, 0.717) is 28.5 Å². The molecule has 0 amide bonds. The number of phenolic OH excluding ortho intramolecular Hbond substituents is 1. The van der Waals surface area contributed by atoms with E-state index < -0.39 is 4.92 Å². The zero-order valence-corrected chi connectivity index (χ0v) is 18.6. The molecule has 0 atom stereocenters. The Hall–Kier alpha value is -4.18. The predicted molar refractivity (Wildman–Crippen MR) is 125 cm³/mol. The highest BCUT2D eigenvalue weighted by Gasteiger charge is 2.16. The third-order valence-corrected chi connectivity index (χ3v) is 5.26. The first kappa shape index (κ1) is 22.0. The van der Waals surface area contributed by atoms with Crippen LogP contribution >= 0.6 is 15.9 Å². The summed E-state index contributed by atoms with van der Waals surface area (Å²) in [5.41, 5.74) is 7.23. The molecule has 10 heteroatoms. The van der Waals surface area contributed by atoms with Crippen LogP contribution in [0.15, 0.2) is 77.4 Å². The molecule has 0 radical (unpaired) electrons. The van der Waals surface area contributed by atoms with E-state index in [1.165, 1.54) is 24.4 Å². The summed E-state index contributed by atoms with van der Waals surface area (Å²) in [7, 11) is 0. The second kappa shape index (κ2) is 9.53. The molecule has 0 spiro atoms. The molecule has 166 valence electrons. The molecule has 9 nitrogen and oxygen atoms in total. The number of ether oxygens (including phenoxy) is 2. The van der Waals surface area contributed by atoms with Gasteiger partial charge in [0.05, 0.1) is 15.6 Å². The summed E-state index contributed by atoms with van der Waals surface area (Å²) in [4.78, 5) is 18.5. The van der Waals surface area contributed by atoms with Crippen molar-refractivity contribution in [2.45, 2.75) is 6.61 Å². The number of rotatable bonds is 7. The van der Waals surface area contributed by atoms with Crippen molar-refractivity contribution in [1.82, 2.24) is 9.97 Å². The van der Waals surface area contributed by atoms with Crippen molar-refractivity contribution in [3.05, 3.63) is 93.1 Å². The Balaban J connectivity index is 1.56. The van der Waals surface area contributed by atoms with Gasteiger partial charge in [0.15, 0.2) is 5.75 Å². The average Bonchev–Trinajstić information content (AvgIpc) is 2.80. The zero-order valence-electron chi connectivity index (χ0n) is 17.0. The summed E-state index contributed by atoms with van der Waals surface area (Å²) < 4.78 is 12.4. The third kappa shape index (κ3) is 5.18. The molecule has 1 aromatic heterocycles. The van der Waals surface area contributed by atoms with E-state index in [-0.39, 0.29) is 24.0 Å². The second-order valence-electron chi connectivity index (χ2n) is 6.86. The number of nitro benzene ring substituents is 1. The van der Waals surface area contributed by atoms with E-state index in [0.717, 1.165) is 10.0 Å². The van der Waals surface area contributed by atoms with Crippen molar-refractivity contribution in [1.29, 1.82) is 0 Å². The lowest BCUT2D eigenvalue weighted by Gasteiger charge is -2.13. The minimum atomic E-state index is -0.463. The molecule has 0 bridgehead atoms. The van der Waals surface area contributed by atoms with Crippen LogP contribution in [0.4, 0.5) is 11.6 Å². The maximum absolute atomic E-state index is 10.8. The average molecular weight is 509 g/mol. The van der Waals surface area contributed by atoms with Crippen LogP contribution in [-0.2, 0) is 6.61 Å². The summed E-state index contributed by atoms with van der Waals surface area (Å²) in [6.07, 6.45) is 1.44. The highest BCUT2D eigenvalue weighted by molar-refractivity contribution is 9.10. The molecular weight excluding hydrogens is 492 g/mol. The molecule has 4 rings (SSSR count). The van der Waals surface area contributed by atoms with E-state index in [2.05, 4.69) is 25.9 Å². The standard InChI is InChI=1S/C23H17BrN4O5/c24-18-3-1-2-4-20(18)33-21-12-26-23(25)27-22(21)17-10-9-16(11-19(17)29)32-13-14-5-7-15(8-6-14)28(30)31/h1-12,29H,13H2,(H2,25,26,27). The van der Waals surface area contributed by atoms with Gasteiger partial charge in [-0.1, -0.05) is 12.1 Å². The number of aromatic hydroxyl groups is 1.